The van der Waals surface area contributed by atoms with Gasteiger partial charge in [0, 0.05) is 17.4 Å². The first-order chi connectivity index (χ1) is 7.15. The fraction of sp³-hybridized carbons (Fsp3) is 0.455. The third-order valence-corrected chi connectivity index (χ3v) is 2.56. The molecule has 0 spiro atoms. The molecule has 1 aliphatic carbocycles. The molecule has 1 aliphatic rings. The second-order valence-electron chi connectivity index (χ2n) is 3.58. The Morgan fingerprint density at radius 1 is 1.47 bits per heavy atom. The molecular formula is C11H16N2O2. The molecule has 82 valence electrons. The fourth-order valence-electron chi connectivity index (χ4n) is 1.60. The lowest BCUT2D eigenvalue weighted by Crippen LogP contribution is -2.17. The first kappa shape index (κ1) is 11.5. The summed E-state index contributed by atoms with van der Waals surface area (Å²) in [5.41, 5.74) is 6.12. The summed E-state index contributed by atoms with van der Waals surface area (Å²) in [4.78, 5) is 11.8. The van der Waals surface area contributed by atoms with Crippen LogP contribution < -0.4 is 5.73 Å². The molecule has 2 atom stereocenters. The molecule has 0 aromatic carbocycles. The topological polar surface area (TPSA) is 75.7 Å². The molecule has 15 heavy (non-hydrogen) atoms. The lowest BCUT2D eigenvalue weighted by Gasteiger charge is -1.99. The molecule has 1 saturated carbocycles. The normalized spacial score (nSPS) is 27.1. The van der Waals surface area contributed by atoms with Gasteiger partial charge in [0.15, 0.2) is 5.78 Å². The highest BCUT2D eigenvalue weighted by molar-refractivity contribution is 6.05. The van der Waals surface area contributed by atoms with Gasteiger partial charge in [0.1, 0.15) is 5.84 Å². The number of ketones is 1. The van der Waals surface area contributed by atoms with E-state index in [9.17, 15) is 4.79 Å². The average molecular weight is 208 g/mol. The molecule has 3 N–H and O–H groups in total. The van der Waals surface area contributed by atoms with Gasteiger partial charge in [0.2, 0.25) is 0 Å². The zero-order valence-corrected chi connectivity index (χ0v) is 8.97. The maximum atomic E-state index is 11.8. The van der Waals surface area contributed by atoms with E-state index >= 15 is 0 Å². The molecule has 0 radical (unpaired) electrons. The number of hydrogen-bond donors (Lipinski definition) is 2. The Balaban J connectivity index is 2.66. The van der Waals surface area contributed by atoms with Crippen LogP contribution in [0.1, 0.15) is 20.3 Å². The molecule has 0 heterocycles. The predicted octanol–water partition coefficient (Wildman–Crippen LogP) is 1.46. The summed E-state index contributed by atoms with van der Waals surface area (Å²) in [5.74, 6) is 0.0440. The molecular weight excluding hydrogens is 192 g/mol. The number of carbonyl (C=O) groups excluding carboxylic acids is 1. The molecule has 0 amide bonds. The van der Waals surface area contributed by atoms with E-state index < -0.39 is 0 Å². The van der Waals surface area contributed by atoms with Gasteiger partial charge in [0.25, 0.3) is 0 Å². The highest BCUT2D eigenvalue weighted by Crippen LogP contribution is 2.41. The fourth-order valence-corrected chi connectivity index (χ4v) is 1.60. The van der Waals surface area contributed by atoms with Crippen molar-refractivity contribution in [3.8, 4) is 0 Å². The number of Topliss-reactive ketones (excluding diaryl/α,β-unsaturated/α-hetero) is 1. The van der Waals surface area contributed by atoms with E-state index in [1.807, 2.05) is 19.9 Å². The Morgan fingerprint density at radius 3 is 2.60 bits per heavy atom. The third-order valence-electron chi connectivity index (χ3n) is 2.56. The van der Waals surface area contributed by atoms with E-state index in [0.717, 1.165) is 0 Å². The predicted molar refractivity (Wildman–Crippen MR) is 58.6 cm³/mol. The summed E-state index contributed by atoms with van der Waals surface area (Å²) in [5, 5.41) is 11.4. The molecule has 1 fully saturated rings. The minimum absolute atomic E-state index is 0.0761. The van der Waals surface area contributed by atoms with Gasteiger partial charge in [-0.15, -0.1) is 0 Å². The Labute approximate surface area is 89.1 Å². The van der Waals surface area contributed by atoms with Crippen LogP contribution >= 0.6 is 0 Å². The van der Waals surface area contributed by atoms with Crippen LogP contribution in [0.15, 0.2) is 29.0 Å². The van der Waals surface area contributed by atoms with Crippen LogP contribution in [0.4, 0.5) is 0 Å². The molecule has 0 bridgehead atoms. The number of nitrogens with two attached hydrogens (primary N) is 1. The first-order valence-corrected chi connectivity index (χ1v) is 4.96. The van der Waals surface area contributed by atoms with Crippen LogP contribution in [0, 0.1) is 11.8 Å². The number of oxime groups is 1. The molecule has 0 aromatic rings. The Kier molecular flexibility index (Phi) is 3.66. The quantitative estimate of drug-likeness (QED) is 0.183. The van der Waals surface area contributed by atoms with Gasteiger partial charge in [-0.2, -0.15) is 0 Å². The van der Waals surface area contributed by atoms with Crippen LogP contribution in [0.25, 0.3) is 0 Å². The molecule has 0 aromatic heterocycles. The zero-order valence-electron chi connectivity index (χ0n) is 8.97. The van der Waals surface area contributed by atoms with Crippen molar-refractivity contribution in [2.24, 2.45) is 22.7 Å². The van der Waals surface area contributed by atoms with Gasteiger partial charge in [-0.3, -0.25) is 4.79 Å². The molecule has 4 heteroatoms. The highest BCUT2D eigenvalue weighted by atomic mass is 16.4. The average Bonchev–Trinajstić information content (AvgIpc) is 3.03. The molecule has 0 aliphatic heterocycles. The molecule has 0 saturated heterocycles. The summed E-state index contributed by atoms with van der Waals surface area (Å²) < 4.78 is 0. The van der Waals surface area contributed by atoms with Gasteiger partial charge in [-0.05, 0) is 20.3 Å². The van der Waals surface area contributed by atoms with Crippen LogP contribution in [0.5, 0.6) is 0 Å². The molecule has 4 nitrogen and oxygen atoms in total. The highest BCUT2D eigenvalue weighted by Gasteiger charge is 2.46. The van der Waals surface area contributed by atoms with Gasteiger partial charge in [-0.25, -0.2) is 0 Å². The second kappa shape index (κ2) is 4.77. The van der Waals surface area contributed by atoms with Gasteiger partial charge < -0.3 is 10.9 Å². The third kappa shape index (κ3) is 2.46. The standard InChI is InChI=1S/C11H16N2O2/c1-3-5-7(4-2)10(14)8-6-9(8)11(12)13-15/h3-5,8-9,15H,6H2,1-2H3,(H2,12,13)/b5-3-,7-4+/t8-,9-/m0/s1. The van der Waals surface area contributed by atoms with Crippen molar-refractivity contribution >= 4 is 11.6 Å². The van der Waals surface area contributed by atoms with Gasteiger partial charge in [0.05, 0.1) is 0 Å². The van der Waals surface area contributed by atoms with Crippen molar-refractivity contribution in [1.29, 1.82) is 0 Å². The minimum atomic E-state index is -0.108. The van der Waals surface area contributed by atoms with E-state index in [2.05, 4.69) is 5.16 Å². The lowest BCUT2D eigenvalue weighted by molar-refractivity contribution is -0.116. The zero-order chi connectivity index (χ0) is 11.4. The Hall–Kier alpha value is -1.58. The maximum absolute atomic E-state index is 11.8. The lowest BCUT2D eigenvalue weighted by atomic mass is 10.1. The Morgan fingerprint density at radius 2 is 2.13 bits per heavy atom. The van der Waals surface area contributed by atoms with Crippen LogP contribution in [-0.4, -0.2) is 16.8 Å². The molecule has 1 rings (SSSR count). The first-order valence-electron chi connectivity index (χ1n) is 4.96. The van der Waals surface area contributed by atoms with Crippen molar-refractivity contribution in [2.75, 3.05) is 0 Å². The monoisotopic (exact) mass is 208 g/mol. The van der Waals surface area contributed by atoms with E-state index in [1.165, 1.54) is 0 Å². The molecule has 0 unspecified atom stereocenters. The van der Waals surface area contributed by atoms with E-state index in [1.54, 1.807) is 12.2 Å². The summed E-state index contributed by atoms with van der Waals surface area (Å²) >= 11 is 0. The van der Waals surface area contributed by atoms with Crippen molar-refractivity contribution in [3.63, 3.8) is 0 Å². The van der Waals surface area contributed by atoms with E-state index in [4.69, 9.17) is 10.9 Å². The van der Waals surface area contributed by atoms with E-state index in [0.29, 0.717) is 12.0 Å². The summed E-state index contributed by atoms with van der Waals surface area (Å²) in [7, 11) is 0. The van der Waals surface area contributed by atoms with Crippen LogP contribution in [0.2, 0.25) is 0 Å². The minimum Gasteiger partial charge on any atom is -0.409 e. The number of amidine groups is 1. The Bertz CT molecular complexity index is 342. The maximum Gasteiger partial charge on any atom is 0.166 e. The van der Waals surface area contributed by atoms with Crippen molar-refractivity contribution in [1.82, 2.24) is 0 Å². The SMILES string of the molecule is C/C=C\C(=C/C)C(=O)[C@H]1C[C@@H]1/C(N)=N/O. The van der Waals surface area contributed by atoms with E-state index in [-0.39, 0.29) is 23.5 Å². The van der Waals surface area contributed by atoms with Gasteiger partial charge >= 0.3 is 0 Å². The van der Waals surface area contributed by atoms with Gasteiger partial charge in [-0.1, -0.05) is 23.4 Å². The smallest absolute Gasteiger partial charge is 0.166 e. The number of rotatable bonds is 4. The van der Waals surface area contributed by atoms with Crippen LogP contribution in [-0.2, 0) is 4.79 Å². The summed E-state index contributed by atoms with van der Waals surface area (Å²) in [6, 6.07) is 0. The van der Waals surface area contributed by atoms with Crippen molar-refractivity contribution in [3.05, 3.63) is 23.8 Å². The second-order valence-corrected chi connectivity index (χ2v) is 3.58. The van der Waals surface area contributed by atoms with Crippen LogP contribution in [0.3, 0.4) is 0 Å². The number of nitrogens with zero attached hydrogens (tertiary/aromatic N) is 1. The summed E-state index contributed by atoms with van der Waals surface area (Å²) in [6.07, 6.45) is 6.08. The summed E-state index contributed by atoms with van der Waals surface area (Å²) in [6.45, 7) is 3.69. The largest absolute Gasteiger partial charge is 0.409 e. The number of allylic oxidation sites excluding steroid dienone is 4. The van der Waals surface area contributed by atoms with Crippen molar-refractivity contribution < 1.29 is 10.0 Å². The van der Waals surface area contributed by atoms with Crippen molar-refractivity contribution in [2.45, 2.75) is 20.3 Å². The number of carbonyl (C=O) groups is 1. The number of hydrogen-bond acceptors (Lipinski definition) is 3.